The Hall–Kier alpha value is -0.870. The van der Waals surface area contributed by atoms with Crippen LogP contribution in [0.25, 0.3) is 0 Å². The van der Waals surface area contributed by atoms with Crippen LogP contribution < -0.4 is 0 Å². The second kappa shape index (κ2) is 4.97. The topological polar surface area (TPSA) is 40.5 Å². The van der Waals surface area contributed by atoms with E-state index in [9.17, 15) is 4.79 Å². The molecule has 0 spiro atoms. The number of rotatable bonds is 4. The number of hydrogen-bond acceptors (Lipinski definition) is 3. The molecule has 1 unspecified atom stereocenters. The fourth-order valence-electron chi connectivity index (χ4n) is 1.78. The van der Waals surface area contributed by atoms with Gasteiger partial charge in [0, 0.05) is 16.5 Å². The highest BCUT2D eigenvalue weighted by Gasteiger charge is 2.29. The summed E-state index contributed by atoms with van der Waals surface area (Å²) < 4.78 is 0. The van der Waals surface area contributed by atoms with Gasteiger partial charge in [0.15, 0.2) is 0 Å². The Labute approximate surface area is 101 Å². The number of carboxylic acid groups (broad SMARTS) is 1. The van der Waals surface area contributed by atoms with Gasteiger partial charge < -0.3 is 5.11 Å². The van der Waals surface area contributed by atoms with Gasteiger partial charge >= 0.3 is 5.97 Å². The third kappa shape index (κ3) is 3.32. The van der Waals surface area contributed by atoms with E-state index in [1.807, 2.05) is 37.1 Å². The van der Waals surface area contributed by atoms with Crippen molar-refractivity contribution >= 4 is 17.3 Å². The summed E-state index contributed by atoms with van der Waals surface area (Å²) in [6, 6.07) is 4.18. The van der Waals surface area contributed by atoms with Crippen molar-refractivity contribution in [1.82, 2.24) is 4.90 Å². The van der Waals surface area contributed by atoms with E-state index in [1.165, 1.54) is 4.88 Å². The third-order valence-electron chi connectivity index (χ3n) is 2.59. The summed E-state index contributed by atoms with van der Waals surface area (Å²) in [6.07, 6.45) is 0. The Bertz CT molecular complexity index is 340. The minimum absolute atomic E-state index is 0.0720. The molecule has 0 aromatic carbocycles. The van der Waals surface area contributed by atoms with E-state index in [-0.39, 0.29) is 18.1 Å². The lowest BCUT2D eigenvalue weighted by Crippen LogP contribution is -2.45. The monoisotopic (exact) mass is 241 g/mol. The Kier molecular flexibility index (Phi) is 4.10. The van der Waals surface area contributed by atoms with Crippen LogP contribution in [0.4, 0.5) is 0 Å². The molecule has 90 valence electrons. The van der Waals surface area contributed by atoms with E-state index in [2.05, 4.69) is 13.0 Å². The molecule has 4 heteroatoms. The van der Waals surface area contributed by atoms with Crippen molar-refractivity contribution in [2.24, 2.45) is 0 Å². The molecule has 0 saturated heterocycles. The van der Waals surface area contributed by atoms with Crippen LogP contribution >= 0.6 is 11.3 Å². The number of aliphatic carboxylic acids is 1. The van der Waals surface area contributed by atoms with Crippen molar-refractivity contribution in [2.75, 3.05) is 6.54 Å². The van der Waals surface area contributed by atoms with Gasteiger partial charge in [-0.05, 0) is 39.1 Å². The molecule has 0 aliphatic carbocycles. The molecule has 0 aliphatic rings. The molecule has 3 nitrogen and oxygen atoms in total. The first kappa shape index (κ1) is 13.2. The van der Waals surface area contributed by atoms with Crippen LogP contribution in [0.5, 0.6) is 0 Å². The molecule has 0 bridgehead atoms. The number of carboxylic acids is 1. The molecule has 16 heavy (non-hydrogen) atoms. The second-order valence-corrected chi connectivity index (χ2v) is 5.86. The first-order chi connectivity index (χ1) is 7.32. The Morgan fingerprint density at radius 3 is 2.56 bits per heavy atom. The average molecular weight is 241 g/mol. The van der Waals surface area contributed by atoms with Crippen LogP contribution in [0.1, 0.15) is 38.6 Å². The Morgan fingerprint density at radius 1 is 1.56 bits per heavy atom. The molecule has 1 aromatic rings. The van der Waals surface area contributed by atoms with Crippen LogP contribution in [-0.2, 0) is 4.79 Å². The fourth-order valence-corrected chi connectivity index (χ4v) is 2.58. The van der Waals surface area contributed by atoms with Crippen LogP contribution in [0.15, 0.2) is 17.5 Å². The molecule has 0 saturated carbocycles. The highest BCUT2D eigenvalue weighted by molar-refractivity contribution is 7.10. The number of thiophene rings is 1. The predicted molar refractivity (Wildman–Crippen MR) is 66.8 cm³/mol. The van der Waals surface area contributed by atoms with Crippen molar-refractivity contribution in [3.63, 3.8) is 0 Å². The summed E-state index contributed by atoms with van der Waals surface area (Å²) in [5.41, 5.74) is -0.151. The number of nitrogens with zero attached hydrogens (tertiary/aromatic N) is 1. The quantitative estimate of drug-likeness (QED) is 0.881. The van der Waals surface area contributed by atoms with Crippen molar-refractivity contribution in [3.05, 3.63) is 22.4 Å². The summed E-state index contributed by atoms with van der Waals surface area (Å²) in [6.45, 7) is 8.25. The van der Waals surface area contributed by atoms with E-state index < -0.39 is 5.97 Å². The minimum atomic E-state index is -0.779. The SMILES string of the molecule is CC(c1cccs1)N(CC(=O)O)C(C)(C)C. The third-order valence-corrected chi connectivity index (χ3v) is 3.63. The highest BCUT2D eigenvalue weighted by Crippen LogP contribution is 2.30. The molecule has 0 radical (unpaired) electrons. The largest absolute Gasteiger partial charge is 0.480 e. The zero-order chi connectivity index (χ0) is 12.3. The lowest BCUT2D eigenvalue weighted by Gasteiger charge is -2.38. The summed E-state index contributed by atoms with van der Waals surface area (Å²) in [4.78, 5) is 14.1. The lowest BCUT2D eigenvalue weighted by molar-refractivity contribution is -0.140. The fraction of sp³-hybridized carbons (Fsp3) is 0.583. The van der Waals surface area contributed by atoms with Gasteiger partial charge in [-0.15, -0.1) is 11.3 Å². The van der Waals surface area contributed by atoms with E-state index in [4.69, 9.17) is 5.11 Å². The molecule has 0 aliphatic heterocycles. The summed E-state index contributed by atoms with van der Waals surface area (Å²) >= 11 is 1.67. The van der Waals surface area contributed by atoms with Gasteiger partial charge in [-0.1, -0.05) is 6.07 Å². The van der Waals surface area contributed by atoms with E-state index in [0.29, 0.717) is 0 Å². The van der Waals surface area contributed by atoms with Crippen LogP contribution in [0, 0.1) is 0 Å². The smallest absolute Gasteiger partial charge is 0.317 e. The van der Waals surface area contributed by atoms with Gasteiger partial charge in [-0.3, -0.25) is 9.69 Å². The van der Waals surface area contributed by atoms with Crippen molar-refractivity contribution in [2.45, 2.75) is 39.3 Å². The number of hydrogen-bond donors (Lipinski definition) is 1. The van der Waals surface area contributed by atoms with E-state index >= 15 is 0 Å². The molecule has 1 heterocycles. The van der Waals surface area contributed by atoms with E-state index in [1.54, 1.807) is 11.3 Å². The maximum Gasteiger partial charge on any atom is 0.317 e. The molecule has 1 N–H and O–H groups in total. The standard InChI is InChI=1S/C12H19NO2S/c1-9(10-6-5-7-16-10)13(8-11(14)15)12(2,3)4/h5-7,9H,8H2,1-4H3,(H,14,15). The molecule has 1 rings (SSSR count). The zero-order valence-electron chi connectivity index (χ0n) is 10.2. The summed E-state index contributed by atoms with van der Waals surface area (Å²) in [5, 5.41) is 11.0. The predicted octanol–water partition coefficient (Wildman–Crippen LogP) is 2.99. The molecule has 1 aromatic heterocycles. The summed E-state index contributed by atoms with van der Waals surface area (Å²) in [5.74, 6) is -0.779. The maximum absolute atomic E-state index is 10.9. The Morgan fingerprint density at radius 2 is 2.19 bits per heavy atom. The van der Waals surface area contributed by atoms with Crippen LogP contribution in [-0.4, -0.2) is 28.1 Å². The van der Waals surface area contributed by atoms with Gasteiger partial charge in [0.1, 0.15) is 0 Å². The maximum atomic E-state index is 10.9. The molecule has 1 atom stereocenters. The van der Waals surface area contributed by atoms with Gasteiger partial charge in [-0.25, -0.2) is 0 Å². The van der Waals surface area contributed by atoms with Crippen molar-refractivity contribution in [3.8, 4) is 0 Å². The lowest BCUT2D eigenvalue weighted by atomic mass is 10.0. The normalized spacial score (nSPS) is 14.1. The van der Waals surface area contributed by atoms with Gasteiger partial charge in [0.25, 0.3) is 0 Å². The zero-order valence-corrected chi connectivity index (χ0v) is 11.0. The molecule has 0 fully saturated rings. The average Bonchev–Trinajstić information content (AvgIpc) is 2.63. The highest BCUT2D eigenvalue weighted by atomic mass is 32.1. The van der Waals surface area contributed by atoms with Crippen molar-refractivity contribution in [1.29, 1.82) is 0 Å². The van der Waals surface area contributed by atoms with Gasteiger partial charge in [-0.2, -0.15) is 0 Å². The molecular weight excluding hydrogens is 222 g/mol. The Balaban J connectivity index is 2.89. The van der Waals surface area contributed by atoms with Gasteiger partial charge in [0.05, 0.1) is 6.54 Å². The van der Waals surface area contributed by atoms with Crippen LogP contribution in [0.3, 0.4) is 0 Å². The van der Waals surface area contributed by atoms with Crippen LogP contribution in [0.2, 0.25) is 0 Å². The first-order valence-corrected chi connectivity index (χ1v) is 6.22. The van der Waals surface area contributed by atoms with Gasteiger partial charge in [0.2, 0.25) is 0 Å². The van der Waals surface area contributed by atoms with E-state index in [0.717, 1.165) is 0 Å². The molecule has 0 amide bonds. The van der Waals surface area contributed by atoms with Crippen molar-refractivity contribution < 1.29 is 9.90 Å². The minimum Gasteiger partial charge on any atom is -0.480 e. The first-order valence-electron chi connectivity index (χ1n) is 5.34. The number of carbonyl (C=O) groups is 1. The second-order valence-electron chi connectivity index (χ2n) is 4.88. The molecular formula is C12H19NO2S. The summed E-state index contributed by atoms with van der Waals surface area (Å²) in [7, 11) is 0.